The van der Waals surface area contributed by atoms with Gasteiger partial charge in [0.05, 0.1) is 6.04 Å². The molecule has 2 rings (SSSR count). The molecule has 1 N–H and O–H groups in total. The van der Waals surface area contributed by atoms with Gasteiger partial charge in [-0.2, -0.15) is 0 Å². The predicted molar refractivity (Wildman–Crippen MR) is 74.0 cm³/mol. The van der Waals surface area contributed by atoms with Gasteiger partial charge < -0.3 is 5.32 Å². The molecule has 1 unspecified atom stereocenters. The Labute approximate surface area is 117 Å². The topological polar surface area (TPSA) is 12.0 Å². The first kappa shape index (κ1) is 13.6. The molecule has 2 aromatic rings. The van der Waals surface area contributed by atoms with Gasteiger partial charge in [0.15, 0.2) is 11.6 Å². The summed E-state index contributed by atoms with van der Waals surface area (Å²) in [6.45, 7) is 1.98. The van der Waals surface area contributed by atoms with Crippen LogP contribution in [-0.2, 0) is 0 Å². The Morgan fingerprint density at radius 1 is 1.33 bits per heavy atom. The summed E-state index contributed by atoms with van der Waals surface area (Å²) in [5.41, 5.74) is 0.325. The third kappa shape index (κ3) is 2.48. The standard InChI is InChI=1S/C13H12BrF2NS/c1-7-9(14)6-11(18-7)13(17-2)8-4-3-5-10(15)12(8)16/h3-6,13,17H,1-2H3. The SMILES string of the molecule is CNC(c1cc(Br)c(C)s1)c1cccc(F)c1F. The molecule has 0 bridgehead atoms. The number of benzene rings is 1. The van der Waals surface area contributed by atoms with Crippen molar-refractivity contribution in [3.63, 3.8) is 0 Å². The fraction of sp³-hybridized carbons (Fsp3) is 0.231. The van der Waals surface area contributed by atoms with Gasteiger partial charge in [-0.25, -0.2) is 8.78 Å². The normalized spacial score (nSPS) is 12.7. The quantitative estimate of drug-likeness (QED) is 0.878. The summed E-state index contributed by atoms with van der Waals surface area (Å²) < 4.78 is 28.1. The fourth-order valence-corrected chi connectivity index (χ4v) is 3.51. The highest BCUT2D eigenvalue weighted by Crippen LogP contribution is 2.34. The fourth-order valence-electron chi connectivity index (χ4n) is 1.82. The van der Waals surface area contributed by atoms with Gasteiger partial charge in [0.25, 0.3) is 0 Å². The lowest BCUT2D eigenvalue weighted by Crippen LogP contribution is -2.18. The number of hydrogen-bond donors (Lipinski definition) is 1. The maximum absolute atomic E-state index is 13.8. The second-order valence-electron chi connectivity index (χ2n) is 3.92. The van der Waals surface area contributed by atoms with Crippen LogP contribution in [0, 0.1) is 18.6 Å². The van der Waals surface area contributed by atoms with Crippen LogP contribution in [0.3, 0.4) is 0 Å². The molecule has 1 aromatic heterocycles. The molecule has 0 fully saturated rings. The van der Waals surface area contributed by atoms with Crippen molar-refractivity contribution >= 4 is 27.3 Å². The average molecular weight is 332 g/mol. The van der Waals surface area contributed by atoms with E-state index in [2.05, 4.69) is 21.2 Å². The highest BCUT2D eigenvalue weighted by molar-refractivity contribution is 9.10. The van der Waals surface area contributed by atoms with E-state index >= 15 is 0 Å². The molecule has 0 aliphatic heterocycles. The zero-order chi connectivity index (χ0) is 13.3. The Morgan fingerprint density at radius 3 is 2.61 bits per heavy atom. The van der Waals surface area contributed by atoms with Crippen LogP contribution >= 0.6 is 27.3 Å². The van der Waals surface area contributed by atoms with Crippen LogP contribution in [0.2, 0.25) is 0 Å². The molecule has 0 aliphatic rings. The van der Waals surface area contributed by atoms with E-state index in [0.717, 1.165) is 20.3 Å². The molecule has 96 valence electrons. The number of nitrogens with one attached hydrogen (secondary N) is 1. The maximum Gasteiger partial charge on any atom is 0.163 e. The van der Waals surface area contributed by atoms with Gasteiger partial charge in [-0.3, -0.25) is 0 Å². The molecule has 0 spiro atoms. The summed E-state index contributed by atoms with van der Waals surface area (Å²) in [5, 5.41) is 3.03. The van der Waals surface area contributed by atoms with Crippen LogP contribution in [0.25, 0.3) is 0 Å². The van der Waals surface area contributed by atoms with E-state index in [9.17, 15) is 8.78 Å². The van der Waals surface area contributed by atoms with E-state index in [1.54, 1.807) is 24.5 Å². The molecule has 0 aliphatic carbocycles. The monoisotopic (exact) mass is 331 g/mol. The van der Waals surface area contributed by atoms with E-state index in [1.165, 1.54) is 6.07 Å². The largest absolute Gasteiger partial charge is 0.309 e. The van der Waals surface area contributed by atoms with E-state index < -0.39 is 11.6 Å². The van der Waals surface area contributed by atoms with E-state index in [0.29, 0.717) is 5.56 Å². The molecular weight excluding hydrogens is 320 g/mol. The van der Waals surface area contributed by atoms with Gasteiger partial charge in [-0.15, -0.1) is 11.3 Å². The second kappa shape index (κ2) is 5.47. The van der Waals surface area contributed by atoms with Gasteiger partial charge in [0.1, 0.15) is 0 Å². The van der Waals surface area contributed by atoms with Crippen LogP contribution in [0.15, 0.2) is 28.7 Å². The molecule has 0 amide bonds. The second-order valence-corrected chi connectivity index (χ2v) is 6.06. The van der Waals surface area contributed by atoms with Crippen LogP contribution in [0.5, 0.6) is 0 Å². The van der Waals surface area contributed by atoms with Crippen LogP contribution < -0.4 is 5.32 Å². The van der Waals surface area contributed by atoms with Crippen molar-refractivity contribution in [2.75, 3.05) is 7.05 Å². The first-order chi connectivity index (χ1) is 8.54. The Balaban J connectivity index is 2.48. The van der Waals surface area contributed by atoms with Crippen LogP contribution in [0.1, 0.15) is 21.4 Å². The zero-order valence-electron chi connectivity index (χ0n) is 9.93. The molecule has 1 nitrogen and oxygen atoms in total. The molecule has 0 saturated carbocycles. The molecule has 1 heterocycles. The molecule has 1 atom stereocenters. The Morgan fingerprint density at radius 2 is 2.06 bits per heavy atom. The summed E-state index contributed by atoms with van der Waals surface area (Å²) in [7, 11) is 1.73. The molecule has 0 radical (unpaired) electrons. The van der Waals surface area contributed by atoms with Gasteiger partial charge in [0, 0.05) is 19.8 Å². The number of hydrogen-bond acceptors (Lipinski definition) is 2. The minimum absolute atomic E-state index is 0.325. The van der Waals surface area contributed by atoms with Gasteiger partial charge in [-0.05, 0) is 42.0 Å². The Kier molecular flexibility index (Phi) is 4.14. The van der Waals surface area contributed by atoms with Crippen molar-refractivity contribution < 1.29 is 8.78 Å². The lowest BCUT2D eigenvalue weighted by atomic mass is 10.0. The Hall–Kier alpha value is -0.780. The smallest absolute Gasteiger partial charge is 0.163 e. The van der Waals surface area contributed by atoms with Crippen LogP contribution in [-0.4, -0.2) is 7.05 Å². The first-order valence-corrected chi connectivity index (χ1v) is 7.02. The van der Waals surface area contributed by atoms with Crippen molar-refractivity contribution in [1.29, 1.82) is 0 Å². The van der Waals surface area contributed by atoms with Crippen molar-refractivity contribution in [3.05, 3.63) is 55.7 Å². The third-order valence-electron chi connectivity index (χ3n) is 2.74. The molecular formula is C13H12BrF2NS. The van der Waals surface area contributed by atoms with E-state index in [1.807, 2.05) is 13.0 Å². The van der Waals surface area contributed by atoms with E-state index in [-0.39, 0.29) is 6.04 Å². The number of rotatable bonds is 3. The first-order valence-electron chi connectivity index (χ1n) is 5.41. The Bertz CT molecular complexity index is 549. The van der Waals surface area contributed by atoms with Crippen molar-refractivity contribution in [1.82, 2.24) is 5.32 Å². The summed E-state index contributed by atoms with van der Waals surface area (Å²) in [6.07, 6.45) is 0. The molecule has 0 saturated heterocycles. The third-order valence-corrected chi connectivity index (χ3v) is 4.94. The highest BCUT2D eigenvalue weighted by Gasteiger charge is 2.20. The van der Waals surface area contributed by atoms with E-state index in [4.69, 9.17) is 0 Å². The molecule has 1 aromatic carbocycles. The minimum Gasteiger partial charge on any atom is -0.309 e. The van der Waals surface area contributed by atoms with Gasteiger partial charge >= 0.3 is 0 Å². The summed E-state index contributed by atoms with van der Waals surface area (Å²) in [5.74, 6) is -1.61. The van der Waals surface area contributed by atoms with Crippen molar-refractivity contribution in [2.24, 2.45) is 0 Å². The van der Waals surface area contributed by atoms with Gasteiger partial charge in [0.2, 0.25) is 0 Å². The minimum atomic E-state index is -0.819. The summed E-state index contributed by atoms with van der Waals surface area (Å²) >= 11 is 4.99. The number of aryl methyl sites for hydroxylation is 1. The maximum atomic E-state index is 13.8. The predicted octanol–water partition coefficient (Wildman–Crippen LogP) is 4.41. The zero-order valence-corrected chi connectivity index (χ0v) is 12.3. The molecule has 18 heavy (non-hydrogen) atoms. The summed E-state index contributed by atoms with van der Waals surface area (Å²) in [6, 6.07) is 5.85. The lowest BCUT2D eigenvalue weighted by molar-refractivity contribution is 0.488. The lowest BCUT2D eigenvalue weighted by Gasteiger charge is -2.16. The number of halogens is 3. The average Bonchev–Trinajstić information content (AvgIpc) is 2.66. The highest BCUT2D eigenvalue weighted by atomic mass is 79.9. The van der Waals surface area contributed by atoms with Crippen molar-refractivity contribution in [2.45, 2.75) is 13.0 Å². The number of thiophene rings is 1. The molecule has 5 heteroatoms. The van der Waals surface area contributed by atoms with Crippen molar-refractivity contribution in [3.8, 4) is 0 Å². The van der Waals surface area contributed by atoms with Crippen LogP contribution in [0.4, 0.5) is 8.78 Å². The van der Waals surface area contributed by atoms with Gasteiger partial charge in [-0.1, -0.05) is 12.1 Å². The summed E-state index contributed by atoms with van der Waals surface area (Å²) in [4.78, 5) is 2.06.